The summed E-state index contributed by atoms with van der Waals surface area (Å²) in [5.74, 6) is 0.229. The third kappa shape index (κ3) is 0.553. The van der Waals surface area contributed by atoms with E-state index in [1.807, 2.05) is 12.3 Å². The van der Waals surface area contributed by atoms with Gasteiger partial charge in [-0.25, -0.2) is 0 Å². The number of β-lactam (4-membered cyclic amide) rings is 1. The molecule has 1 amide bonds. The summed E-state index contributed by atoms with van der Waals surface area (Å²) < 4.78 is 0. The molecule has 2 rings (SSSR count). The third-order valence-electron chi connectivity index (χ3n) is 1.87. The van der Waals surface area contributed by atoms with Crippen molar-refractivity contribution in [3.63, 3.8) is 0 Å². The van der Waals surface area contributed by atoms with Crippen molar-refractivity contribution in [2.24, 2.45) is 0 Å². The van der Waals surface area contributed by atoms with E-state index in [1.54, 1.807) is 4.90 Å². The second-order valence-corrected chi connectivity index (χ2v) is 3.00. The Kier molecular flexibility index (Phi) is 0.913. The average Bonchev–Trinajstić information content (AvgIpc) is 2.07. The van der Waals surface area contributed by atoms with Crippen LogP contribution in [0.4, 0.5) is 0 Å². The summed E-state index contributed by atoms with van der Waals surface area (Å²) in [5, 5.41) is 0.280. The second kappa shape index (κ2) is 1.53. The second-order valence-electron chi connectivity index (χ2n) is 2.40. The number of fused-ring (bicyclic) bond motifs is 1. The minimum atomic E-state index is 0.229. The third-order valence-corrected chi connectivity index (χ3v) is 2.38. The molecule has 2 unspecified atom stereocenters. The Morgan fingerprint density at radius 3 is 3.00 bits per heavy atom. The van der Waals surface area contributed by atoms with Crippen molar-refractivity contribution < 1.29 is 4.79 Å². The van der Waals surface area contributed by atoms with Crippen molar-refractivity contribution in [3.05, 3.63) is 12.3 Å². The van der Waals surface area contributed by atoms with Crippen LogP contribution in [0.15, 0.2) is 12.3 Å². The van der Waals surface area contributed by atoms with Gasteiger partial charge in [-0.05, 0) is 0 Å². The van der Waals surface area contributed by atoms with Gasteiger partial charge in [0.25, 0.3) is 0 Å². The van der Waals surface area contributed by atoms with Crippen LogP contribution in [0.5, 0.6) is 0 Å². The zero-order chi connectivity index (χ0) is 6.43. The molecule has 1 saturated heterocycles. The first-order chi connectivity index (χ1) is 4.29. The van der Waals surface area contributed by atoms with Crippen molar-refractivity contribution in [2.45, 2.75) is 17.7 Å². The Bertz CT molecular complexity index is 189. The number of thiol groups is 1. The van der Waals surface area contributed by atoms with E-state index in [4.69, 9.17) is 0 Å². The molecule has 0 aromatic carbocycles. The van der Waals surface area contributed by atoms with Crippen molar-refractivity contribution in [2.75, 3.05) is 0 Å². The van der Waals surface area contributed by atoms with Gasteiger partial charge in [-0.1, -0.05) is 6.08 Å². The maximum Gasteiger partial charge on any atom is 0.228 e. The molecule has 0 spiro atoms. The summed E-state index contributed by atoms with van der Waals surface area (Å²) in [7, 11) is 0. The molecular formula is C6H7NOS. The Labute approximate surface area is 58.9 Å². The highest BCUT2D eigenvalue weighted by atomic mass is 32.1. The van der Waals surface area contributed by atoms with Gasteiger partial charge < -0.3 is 4.90 Å². The van der Waals surface area contributed by atoms with Gasteiger partial charge in [-0.2, -0.15) is 12.6 Å². The molecule has 2 nitrogen and oxygen atoms in total. The summed E-state index contributed by atoms with van der Waals surface area (Å²) in [6, 6.07) is 0.376. The van der Waals surface area contributed by atoms with E-state index in [1.165, 1.54) is 0 Å². The number of rotatable bonds is 0. The monoisotopic (exact) mass is 141 g/mol. The van der Waals surface area contributed by atoms with E-state index in [0.717, 1.165) is 0 Å². The Hall–Kier alpha value is -0.440. The van der Waals surface area contributed by atoms with Crippen LogP contribution in [-0.2, 0) is 4.79 Å². The highest BCUT2D eigenvalue weighted by Gasteiger charge is 2.41. The largest absolute Gasteiger partial charge is 0.314 e. The molecule has 0 aliphatic carbocycles. The zero-order valence-electron chi connectivity index (χ0n) is 4.82. The van der Waals surface area contributed by atoms with Crippen LogP contribution in [0.1, 0.15) is 6.42 Å². The fourth-order valence-electron chi connectivity index (χ4n) is 1.24. The van der Waals surface area contributed by atoms with E-state index in [-0.39, 0.29) is 11.2 Å². The predicted octanol–water partition coefficient (Wildman–Crippen LogP) is 0.413. The molecular weight excluding hydrogens is 134 g/mol. The Morgan fingerprint density at radius 1 is 1.78 bits per heavy atom. The molecule has 0 radical (unpaired) electrons. The molecule has 0 N–H and O–H groups in total. The number of nitrogens with zero attached hydrogens (tertiary/aromatic N) is 1. The van der Waals surface area contributed by atoms with Crippen LogP contribution in [0.3, 0.4) is 0 Å². The van der Waals surface area contributed by atoms with Gasteiger partial charge in [0.15, 0.2) is 0 Å². The number of hydrogen-bond donors (Lipinski definition) is 1. The molecule has 2 atom stereocenters. The number of amides is 1. The van der Waals surface area contributed by atoms with Crippen LogP contribution in [0.25, 0.3) is 0 Å². The van der Waals surface area contributed by atoms with Crippen LogP contribution in [-0.4, -0.2) is 22.1 Å². The summed E-state index contributed by atoms with van der Waals surface area (Å²) in [6.07, 6.45) is 4.47. The maximum absolute atomic E-state index is 10.7. The van der Waals surface area contributed by atoms with E-state index in [0.29, 0.717) is 12.5 Å². The molecule has 2 aliphatic rings. The molecule has 9 heavy (non-hydrogen) atoms. The topological polar surface area (TPSA) is 20.3 Å². The normalized spacial score (nSPS) is 38.8. The molecule has 3 heteroatoms. The van der Waals surface area contributed by atoms with E-state index >= 15 is 0 Å². The molecule has 0 saturated carbocycles. The van der Waals surface area contributed by atoms with Crippen molar-refractivity contribution in [1.82, 2.24) is 4.90 Å². The molecule has 2 heterocycles. The predicted molar refractivity (Wildman–Crippen MR) is 37.2 cm³/mol. The fraction of sp³-hybridized carbons (Fsp3) is 0.500. The first kappa shape index (κ1) is 5.35. The molecule has 48 valence electrons. The van der Waals surface area contributed by atoms with Crippen LogP contribution >= 0.6 is 12.6 Å². The molecule has 2 aliphatic heterocycles. The highest BCUT2D eigenvalue weighted by Crippen LogP contribution is 2.31. The number of hydrogen-bond acceptors (Lipinski definition) is 2. The van der Waals surface area contributed by atoms with E-state index < -0.39 is 0 Å². The quantitative estimate of drug-likeness (QED) is 0.383. The summed E-state index contributed by atoms with van der Waals surface area (Å²) >= 11 is 4.26. The van der Waals surface area contributed by atoms with Gasteiger partial charge in [-0.15, -0.1) is 0 Å². The van der Waals surface area contributed by atoms with Gasteiger partial charge in [0.1, 0.15) is 0 Å². The van der Waals surface area contributed by atoms with Gasteiger partial charge in [0, 0.05) is 17.9 Å². The minimum Gasteiger partial charge on any atom is -0.314 e. The van der Waals surface area contributed by atoms with Gasteiger partial charge >= 0.3 is 0 Å². The highest BCUT2D eigenvalue weighted by molar-refractivity contribution is 7.81. The lowest BCUT2D eigenvalue weighted by molar-refractivity contribution is -0.139. The maximum atomic E-state index is 10.7. The lowest BCUT2D eigenvalue weighted by Crippen LogP contribution is -2.49. The van der Waals surface area contributed by atoms with Crippen molar-refractivity contribution in [3.8, 4) is 0 Å². The van der Waals surface area contributed by atoms with Crippen LogP contribution in [0, 0.1) is 0 Å². The fourth-order valence-corrected chi connectivity index (χ4v) is 1.57. The summed E-state index contributed by atoms with van der Waals surface area (Å²) in [6.45, 7) is 0. The lowest BCUT2D eigenvalue weighted by atomic mass is 10.0. The lowest BCUT2D eigenvalue weighted by Gasteiger charge is -2.35. The molecule has 0 bridgehead atoms. The Balaban J connectivity index is 2.19. The minimum absolute atomic E-state index is 0.229. The van der Waals surface area contributed by atoms with Gasteiger partial charge in [0.05, 0.1) is 6.04 Å². The van der Waals surface area contributed by atoms with Crippen LogP contribution < -0.4 is 0 Å². The van der Waals surface area contributed by atoms with Gasteiger partial charge in [0.2, 0.25) is 5.91 Å². The standard InChI is InChI=1S/C6H7NOS/c8-6-3-4-5(9)1-2-7(4)6/h1-2,4-5,9H,3H2. The average molecular weight is 141 g/mol. The molecule has 0 aromatic rings. The first-order valence-corrected chi connectivity index (χ1v) is 3.48. The van der Waals surface area contributed by atoms with E-state index in [2.05, 4.69) is 12.6 Å². The number of carbonyl (C=O) groups excluding carboxylic acids is 1. The zero-order valence-corrected chi connectivity index (χ0v) is 5.71. The smallest absolute Gasteiger partial charge is 0.228 e. The van der Waals surface area contributed by atoms with Crippen molar-refractivity contribution in [1.29, 1.82) is 0 Å². The van der Waals surface area contributed by atoms with Gasteiger partial charge in [-0.3, -0.25) is 4.79 Å². The molecule has 1 fully saturated rings. The van der Waals surface area contributed by atoms with Crippen LogP contribution in [0.2, 0.25) is 0 Å². The first-order valence-electron chi connectivity index (χ1n) is 2.96. The van der Waals surface area contributed by atoms with Crippen molar-refractivity contribution >= 4 is 18.5 Å². The molecule has 0 aromatic heterocycles. The summed E-state index contributed by atoms with van der Waals surface area (Å²) in [5.41, 5.74) is 0. The summed E-state index contributed by atoms with van der Waals surface area (Å²) in [4.78, 5) is 12.4. The number of carbonyl (C=O) groups is 1. The Morgan fingerprint density at radius 2 is 2.56 bits per heavy atom. The SMILES string of the molecule is O=C1CC2C(S)C=CN12. The van der Waals surface area contributed by atoms with E-state index in [9.17, 15) is 4.79 Å².